The second-order valence-corrected chi connectivity index (χ2v) is 5.36. The summed E-state index contributed by atoms with van der Waals surface area (Å²) < 4.78 is 5.47. The van der Waals surface area contributed by atoms with Crippen LogP contribution in [0.5, 0.6) is 0 Å². The average Bonchev–Trinajstić information content (AvgIpc) is 3.12. The summed E-state index contributed by atoms with van der Waals surface area (Å²) in [5.41, 5.74) is 1.22. The Morgan fingerprint density at radius 2 is 2.33 bits per heavy atom. The molecule has 3 rings (SSSR count). The van der Waals surface area contributed by atoms with Crippen molar-refractivity contribution in [3.63, 3.8) is 0 Å². The lowest BCUT2D eigenvalue weighted by molar-refractivity contribution is 0.102. The van der Waals surface area contributed by atoms with Crippen molar-refractivity contribution in [2.45, 2.75) is 25.8 Å². The van der Waals surface area contributed by atoms with Crippen molar-refractivity contribution >= 4 is 23.5 Å². The minimum absolute atomic E-state index is 0.0747. The number of aromatic nitrogens is 2. The molecule has 2 heterocycles. The van der Waals surface area contributed by atoms with Crippen LogP contribution in [0.1, 0.15) is 40.7 Å². The van der Waals surface area contributed by atoms with Gasteiger partial charge in [0.15, 0.2) is 0 Å². The van der Waals surface area contributed by atoms with E-state index in [1.807, 2.05) is 13.0 Å². The highest BCUT2D eigenvalue weighted by atomic mass is 35.5. The average molecular weight is 307 g/mol. The summed E-state index contributed by atoms with van der Waals surface area (Å²) in [6.45, 7) is 2.78. The van der Waals surface area contributed by atoms with Crippen LogP contribution < -0.4 is 10.6 Å². The molecule has 0 aliphatic carbocycles. The Kier molecular flexibility index (Phi) is 3.90. The van der Waals surface area contributed by atoms with Gasteiger partial charge in [0.1, 0.15) is 0 Å². The fourth-order valence-electron chi connectivity index (χ4n) is 2.31. The van der Waals surface area contributed by atoms with Crippen molar-refractivity contribution in [3.05, 3.63) is 40.2 Å². The number of aryl methyl sites for hydroxylation is 1. The zero-order valence-electron chi connectivity index (χ0n) is 11.5. The van der Waals surface area contributed by atoms with Gasteiger partial charge in [-0.15, -0.1) is 5.10 Å². The van der Waals surface area contributed by atoms with Gasteiger partial charge in [-0.2, -0.15) is 0 Å². The number of hydrogen-bond donors (Lipinski definition) is 2. The molecule has 1 aromatic heterocycles. The zero-order chi connectivity index (χ0) is 14.8. The Bertz CT molecular complexity index is 665. The van der Waals surface area contributed by atoms with Gasteiger partial charge in [0.2, 0.25) is 5.89 Å². The Morgan fingerprint density at radius 1 is 1.48 bits per heavy atom. The minimum atomic E-state index is -0.363. The number of anilines is 1. The van der Waals surface area contributed by atoms with Gasteiger partial charge in [0.25, 0.3) is 5.91 Å². The van der Waals surface area contributed by atoms with Crippen molar-refractivity contribution in [2.75, 3.05) is 11.9 Å². The first kappa shape index (κ1) is 14.0. The minimum Gasteiger partial charge on any atom is -0.406 e. The number of rotatable bonds is 3. The molecular formula is C14H15ClN4O2. The molecule has 1 atom stereocenters. The maximum atomic E-state index is 12.2. The van der Waals surface area contributed by atoms with Crippen LogP contribution in [-0.2, 0) is 0 Å². The summed E-state index contributed by atoms with van der Waals surface area (Å²) in [6.07, 6.45) is 2.03. The molecule has 0 spiro atoms. The van der Waals surface area contributed by atoms with Gasteiger partial charge < -0.3 is 9.73 Å². The molecule has 6 nitrogen and oxygen atoms in total. The normalized spacial score (nSPS) is 17.9. The first-order valence-electron chi connectivity index (χ1n) is 6.78. The van der Waals surface area contributed by atoms with E-state index in [1.165, 1.54) is 0 Å². The number of amides is 1. The van der Waals surface area contributed by atoms with Crippen molar-refractivity contribution in [1.29, 1.82) is 0 Å². The lowest BCUT2D eigenvalue weighted by atomic mass is 10.1. The number of nitrogens with one attached hydrogen (secondary N) is 2. The quantitative estimate of drug-likeness (QED) is 0.911. The van der Waals surface area contributed by atoms with Gasteiger partial charge in [-0.05, 0) is 37.9 Å². The van der Waals surface area contributed by atoms with Crippen molar-refractivity contribution < 1.29 is 9.21 Å². The molecule has 7 heteroatoms. The standard InChI is InChI=1S/C14H15ClN4O2/c1-8-4-2-5-9(11(8)15)12(20)17-14-19-18-13(21-14)10-6-3-7-16-10/h2,4-5,10,16H,3,6-7H2,1H3,(H,17,19,20). The lowest BCUT2D eigenvalue weighted by Gasteiger charge is -2.05. The fourth-order valence-corrected chi connectivity index (χ4v) is 2.52. The highest BCUT2D eigenvalue weighted by Gasteiger charge is 2.23. The van der Waals surface area contributed by atoms with Crippen LogP contribution in [0.15, 0.2) is 22.6 Å². The van der Waals surface area contributed by atoms with E-state index in [1.54, 1.807) is 12.1 Å². The molecule has 1 saturated heterocycles. The van der Waals surface area contributed by atoms with Crippen LogP contribution >= 0.6 is 11.6 Å². The molecule has 110 valence electrons. The van der Waals surface area contributed by atoms with Crippen LogP contribution in [0, 0.1) is 6.92 Å². The maximum Gasteiger partial charge on any atom is 0.322 e. The predicted molar refractivity (Wildman–Crippen MR) is 78.4 cm³/mol. The molecule has 0 radical (unpaired) electrons. The Balaban J connectivity index is 1.74. The Labute approximate surface area is 126 Å². The molecule has 1 aliphatic rings. The van der Waals surface area contributed by atoms with Crippen molar-refractivity contribution in [1.82, 2.24) is 15.5 Å². The van der Waals surface area contributed by atoms with Crippen LogP contribution in [0.2, 0.25) is 5.02 Å². The van der Waals surface area contributed by atoms with Crippen LogP contribution in [0.25, 0.3) is 0 Å². The number of nitrogens with zero attached hydrogens (tertiary/aromatic N) is 2. The van der Waals surface area contributed by atoms with E-state index in [-0.39, 0.29) is 18.0 Å². The molecule has 0 saturated carbocycles. The van der Waals surface area contributed by atoms with E-state index in [0.29, 0.717) is 16.5 Å². The second-order valence-electron chi connectivity index (χ2n) is 4.98. The summed E-state index contributed by atoms with van der Waals surface area (Å²) in [5.74, 6) is 0.136. The molecule has 1 aromatic carbocycles. The smallest absolute Gasteiger partial charge is 0.322 e. The number of halogens is 1. The number of benzene rings is 1. The zero-order valence-corrected chi connectivity index (χ0v) is 12.3. The SMILES string of the molecule is Cc1cccc(C(=O)Nc2nnc(C3CCCN3)o2)c1Cl. The van der Waals surface area contributed by atoms with E-state index in [4.69, 9.17) is 16.0 Å². The van der Waals surface area contributed by atoms with Crippen molar-refractivity contribution in [2.24, 2.45) is 0 Å². The van der Waals surface area contributed by atoms with Gasteiger partial charge in [0, 0.05) is 0 Å². The largest absolute Gasteiger partial charge is 0.406 e. The van der Waals surface area contributed by atoms with E-state index < -0.39 is 0 Å². The third-order valence-electron chi connectivity index (χ3n) is 3.46. The molecule has 0 bridgehead atoms. The third kappa shape index (κ3) is 2.91. The monoisotopic (exact) mass is 306 g/mol. The summed E-state index contributed by atoms with van der Waals surface area (Å²) in [6, 6.07) is 5.43. The van der Waals surface area contributed by atoms with E-state index in [0.717, 1.165) is 24.9 Å². The first-order valence-corrected chi connectivity index (χ1v) is 7.16. The third-order valence-corrected chi connectivity index (χ3v) is 3.96. The van der Waals surface area contributed by atoms with Gasteiger partial charge in [-0.3, -0.25) is 10.1 Å². The van der Waals surface area contributed by atoms with Crippen LogP contribution in [-0.4, -0.2) is 22.6 Å². The van der Waals surface area contributed by atoms with Gasteiger partial charge >= 0.3 is 6.01 Å². The van der Waals surface area contributed by atoms with Gasteiger partial charge in [0.05, 0.1) is 16.6 Å². The highest BCUT2D eigenvalue weighted by molar-refractivity contribution is 6.35. The van der Waals surface area contributed by atoms with Crippen LogP contribution in [0.4, 0.5) is 6.01 Å². The first-order chi connectivity index (χ1) is 10.1. The summed E-state index contributed by atoms with van der Waals surface area (Å²) in [7, 11) is 0. The number of hydrogen-bond acceptors (Lipinski definition) is 5. The second kappa shape index (κ2) is 5.83. The van der Waals surface area contributed by atoms with Crippen LogP contribution in [0.3, 0.4) is 0 Å². The molecule has 21 heavy (non-hydrogen) atoms. The van der Waals surface area contributed by atoms with Gasteiger partial charge in [-0.1, -0.05) is 28.8 Å². The van der Waals surface area contributed by atoms with Gasteiger partial charge in [-0.25, -0.2) is 0 Å². The molecule has 1 fully saturated rings. The summed E-state index contributed by atoms with van der Waals surface area (Å²) in [5, 5.41) is 14.1. The molecule has 2 N–H and O–H groups in total. The Hall–Kier alpha value is -1.92. The van der Waals surface area contributed by atoms with E-state index in [9.17, 15) is 4.79 Å². The van der Waals surface area contributed by atoms with Crippen molar-refractivity contribution in [3.8, 4) is 0 Å². The fraction of sp³-hybridized carbons (Fsp3) is 0.357. The highest BCUT2D eigenvalue weighted by Crippen LogP contribution is 2.24. The maximum absolute atomic E-state index is 12.2. The molecule has 1 unspecified atom stereocenters. The number of carbonyl (C=O) groups is 1. The molecule has 1 aliphatic heterocycles. The Morgan fingerprint density at radius 3 is 3.10 bits per heavy atom. The number of carbonyl (C=O) groups excluding carboxylic acids is 1. The van der Waals surface area contributed by atoms with E-state index >= 15 is 0 Å². The summed E-state index contributed by atoms with van der Waals surface area (Å²) in [4.78, 5) is 12.2. The molecule has 1 amide bonds. The topological polar surface area (TPSA) is 80.0 Å². The molecular weight excluding hydrogens is 292 g/mol. The lowest BCUT2D eigenvalue weighted by Crippen LogP contribution is -2.13. The molecule has 2 aromatic rings. The summed E-state index contributed by atoms with van der Waals surface area (Å²) >= 11 is 6.13. The van der Waals surface area contributed by atoms with E-state index in [2.05, 4.69) is 20.8 Å². The predicted octanol–water partition coefficient (Wildman–Crippen LogP) is 2.71.